The smallest absolute Gasteiger partial charge is 0.205 e. The second kappa shape index (κ2) is 24.7. The highest BCUT2D eigenvalue weighted by atomic mass is 31.2. The van der Waals surface area contributed by atoms with Gasteiger partial charge in [-0.05, 0) is 0 Å². The molecular formula is C28H70O12P4. The molecule has 44 heavy (non-hydrogen) atoms. The van der Waals surface area contributed by atoms with Crippen LogP contribution in [0.5, 0.6) is 0 Å². The molecule has 0 heterocycles. The summed E-state index contributed by atoms with van der Waals surface area (Å²) in [5.41, 5.74) is -0.796. The van der Waals surface area contributed by atoms with Crippen molar-refractivity contribution in [3.05, 3.63) is 0 Å². The molecule has 2 atom stereocenters. The van der Waals surface area contributed by atoms with E-state index in [9.17, 15) is 37.8 Å². The Bertz CT molecular complexity index is 719. The highest BCUT2D eigenvalue weighted by Gasteiger charge is 2.28. The van der Waals surface area contributed by atoms with E-state index in [0.717, 1.165) is 0 Å². The Labute approximate surface area is 268 Å². The van der Waals surface area contributed by atoms with E-state index in [1.54, 1.807) is 111 Å². The molecule has 12 nitrogen and oxygen atoms in total. The van der Waals surface area contributed by atoms with Gasteiger partial charge in [-0.15, -0.1) is 0 Å². The van der Waals surface area contributed by atoms with Gasteiger partial charge >= 0.3 is 0 Å². The fraction of sp³-hybridized carbons (Fsp3) is 1.00. The van der Waals surface area contributed by atoms with Gasteiger partial charge < -0.3 is 40.0 Å². The lowest BCUT2D eigenvalue weighted by atomic mass is 10.2. The Morgan fingerprint density at radius 1 is 0.341 bits per heavy atom. The average Bonchev–Trinajstić information content (AvgIpc) is 2.88. The van der Waals surface area contributed by atoms with Crippen molar-refractivity contribution in [2.45, 2.75) is 168 Å². The van der Waals surface area contributed by atoms with Crippen LogP contribution in [-0.4, -0.2) is 111 Å². The first kappa shape index (κ1) is 54.1. The molecule has 0 saturated carbocycles. The summed E-state index contributed by atoms with van der Waals surface area (Å²) in [6.07, 6.45) is -2.44. The summed E-state index contributed by atoms with van der Waals surface area (Å²) >= 11 is 0. The molecule has 0 aromatic carbocycles. The molecule has 0 aliphatic heterocycles. The monoisotopic (exact) mass is 722 g/mol. The minimum Gasteiger partial charge on any atom is -0.394 e. The Hall–Kier alpha value is 0.600. The highest BCUT2D eigenvalue weighted by molar-refractivity contribution is 7.60. The molecule has 0 spiro atoms. The summed E-state index contributed by atoms with van der Waals surface area (Å²) in [6, 6.07) is 0. The third kappa shape index (κ3) is 23.0. The van der Waals surface area contributed by atoms with Gasteiger partial charge in [-0.1, -0.05) is 111 Å². The minimum absolute atomic E-state index is 0.0995. The van der Waals surface area contributed by atoms with Gasteiger partial charge in [0, 0.05) is 45.3 Å². The molecule has 0 amide bonds. The Kier molecular flexibility index (Phi) is 30.3. The maximum absolute atomic E-state index is 11.2. The van der Waals surface area contributed by atoms with Crippen molar-refractivity contribution in [2.75, 3.05) is 13.2 Å². The minimum atomic E-state index is -2.84. The maximum atomic E-state index is 11.2. The third-order valence-electron chi connectivity index (χ3n) is 6.74. The van der Waals surface area contributed by atoms with Crippen LogP contribution in [0.4, 0.5) is 0 Å². The molecule has 0 radical (unpaired) electrons. The largest absolute Gasteiger partial charge is 0.394 e. The zero-order valence-electron chi connectivity index (χ0n) is 30.2. The number of hydrogen-bond acceptors (Lipinski definition) is 8. The predicted octanol–water partition coefficient (Wildman–Crippen LogP) is 5.99. The fourth-order valence-electron chi connectivity index (χ4n) is 2.63. The lowest BCUT2D eigenvalue weighted by Gasteiger charge is -2.18. The van der Waals surface area contributed by atoms with Gasteiger partial charge in [-0.25, -0.2) is 0 Å². The standard InChI is InChI=1S/4C6H15O2P.C4H10O4/c4*1-5(2)9(7,8)6(3)4;5-1-3(7)4(8)2-6/h4*5-6H,1-4H3,(H,7,8);3-8H,1-2H2. The van der Waals surface area contributed by atoms with Crippen LogP contribution in [-0.2, 0) is 18.3 Å². The number of aliphatic hydroxyl groups excluding tert-OH is 4. The van der Waals surface area contributed by atoms with Gasteiger partial charge in [-0.2, -0.15) is 0 Å². The van der Waals surface area contributed by atoms with Crippen LogP contribution in [0.2, 0.25) is 0 Å². The second-order valence-corrected chi connectivity index (χ2v) is 26.6. The molecule has 274 valence electrons. The van der Waals surface area contributed by atoms with Crippen molar-refractivity contribution in [3.63, 3.8) is 0 Å². The Morgan fingerprint density at radius 2 is 0.432 bits per heavy atom. The molecule has 0 fully saturated rings. The molecule has 0 aliphatic carbocycles. The van der Waals surface area contributed by atoms with E-state index in [1.165, 1.54) is 0 Å². The molecule has 2 unspecified atom stereocenters. The highest BCUT2D eigenvalue weighted by Crippen LogP contribution is 2.52. The number of hydrogen-bond donors (Lipinski definition) is 8. The molecule has 16 heteroatoms. The van der Waals surface area contributed by atoms with Crippen LogP contribution in [0.25, 0.3) is 0 Å². The quantitative estimate of drug-likeness (QED) is 0.115. The predicted molar refractivity (Wildman–Crippen MR) is 187 cm³/mol. The van der Waals surface area contributed by atoms with Crippen LogP contribution >= 0.6 is 29.5 Å². The SMILES string of the molecule is CC(C)P(=O)(O)C(C)C.CC(C)P(=O)(O)C(C)C.CC(C)P(=O)(O)C(C)C.CC(C)P(=O)(O)C(C)C.OCC(O)C(O)CO. The number of rotatable bonds is 11. The van der Waals surface area contributed by atoms with Crippen molar-refractivity contribution >= 4 is 29.5 Å². The maximum Gasteiger partial charge on any atom is 0.205 e. The summed E-state index contributed by atoms with van der Waals surface area (Å²) in [5, 5.41) is 33.2. The molecule has 0 aromatic rings. The topological polar surface area (TPSA) is 230 Å². The third-order valence-corrected chi connectivity index (χ3v) is 18.6. The van der Waals surface area contributed by atoms with Gasteiger partial charge in [0.2, 0.25) is 29.5 Å². The van der Waals surface area contributed by atoms with Crippen LogP contribution in [0.15, 0.2) is 0 Å². The molecule has 0 aliphatic rings. The fourth-order valence-corrected chi connectivity index (χ4v) is 7.40. The van der Waals surface area contributed by atoms with E-state index in [0.29, 0.717) is 0 Å². The molecular weight excluding hydrogens is 652 g/mol. The molecule has 0 saturated heterocycles. The van der Waals surface area contributed by atoms with Crippen molar-refractivity contribution in [3.8, 4) is 0 Å². The summed E-state index contributed by atoms with van der Waals surface area (Å²) in [6.45, 7) is 27.4. The van der Waals surface area contributed by atoms with E-state index in [4.69, 9.17) is 20.4 Å². The van der Waals surface area contributed by atoms with E-state index in [-0.39, 0.29) is 45.3 Å². The van der Waals surface area contributed by atoms with E-state index >= 15 is 0 Å². The van der Waals surface area contributed by atoms with E-state index in [2.05, 4.69) is 0 Å². The Morgan fingerprint density at radius 3 is 0.455 bits per heavy atom. The normalized spacial score (nSPS) is 14.1. The Balaban J connectivity index is -0.000000144. The summed E-state index contributed by atoms with van der Waals surface area (Å²) in [5.74, 6) is 0. The lowest BCUT2D eigenvalue weighted by Crippen LogP contribution is -2.31. The molecule has 8 N–H and O–H groups in total. The van der Waals surface area contributed by atoms with Crippen LogP contribution in [0.3, 0.4) is 0 Å². The zero-order valence-corrected chi connectivity index (χ0v) is 33.8. The first-order chi connectivity index (χ1) is 19.3. The summed E-state index contributed by atoms with van der Waals surface area (Å²) in [7, 11) is -11.3. The summed E-state index contributed by atoms with van der Waals surface area (Å²) in [4.78, 5) is 36.9. The van der Waals surface area contributed by atoms with Crippen molar-refractivity contribution in [1.82, 2.24) is 0 Å². The molecule has 0 aromatic heterocycles. The zero-order chi connectivity index (χ0) is 37.2. The van der Waals surface area contributed by atoms with Gasteiger partial charge in [0.15, 0.2) is 0 Å². The van der Waals surface area contributed by atoms with Crippen LogP contribution in [0, 0.1) is 0 Å². The lowest BCUT2D eigenvalue weighted by molar-refractivity contribution is -0.0388. The average molecular weight is 723 g/mol. The van der Waals surface area contributed by atoms with Crippen molar-refractivity contribution in [2.24, 2.45) is 0 Å². The van der Waals surface area contributed by atoms with Crippen molar-refractivity contribution < 1.29 is 58.3 Å². The van der Waals surface area contributed by atoms with Crippen molar-refractivity contribution in [1.29, 1.82) is 0 Å². The van der Waals surface area contributed by atoms with Gasteiger partial charge in [-0.3, -0.25) is 18.3 Å². The van der Waals surface area contributed by atoms with E-state index in [1.807, 2.05) is 0 Å². The molecule has 0 rings (SSSR count). The first-order valence-electron chi connectivity index (χ1n) is 15.1. The number of aliphatic hydroxyl groups is 4. The van der Waals surface area contributed by atoms with Gasteiger partial charge in [0.25, 0.3) is 0 Å². The van der Waals surface area contributed by atoms with Gasteiger partial charge in [0.05, 0.1) is 13.2 Å². The molecule has 0 bridgehead atoms. The van der Waals surface area contributed by atoms with E-state index < -0.39 is 54.9 Å². The summed E-state index contributed by atoms with van der Waals surface area (Å²) < 4.78 is 44.7. The van der Waals surface area contributed by atoms with Crippen LogP contribution < -0.4 is 0 Å². The van der Waals surface area contributed by atoms with Gasteiger partial charge in [0.1, 0.15) is 12.2 Å². The first-order valence-corrected chi connectivity index (χ1v) is 22.3. The second-order valence-electron chi connectivity index (χ2n) is 12.9. The van der Waals surface area contributed by atoms with Crippen LogP contribution in [0.1, 0.15) is 111 Å².